The van der Waals surface area contributed by atoms with Crippen molar-refractivity contribution in [3.63, 3.8) is 0 Å². The Morgan fingerprint density at radius 1 is 1.40 bits per heavy atom. The second kappa shape index (κ2) is 7.71. The van der Waals surface area contributed by atoms with Crippen LogP contribution in [0.15, 0.2) is 35.4 Å². The first kappa shape index (κ1) is 17.5. The van der Waals surface area contributed by atoms with E-state index in [9.17, 15) is 10.1 Å². The molecule has 2 aromatic rings. The molecule has 25 heavy (non-hydrogen) atoms. The summed E-state index contributed by atoms with van der Waals surface area (Å²) in [6.07, 6.45) is 3.71. The molecule has 0 spiro atoms. The molecule has 1 amide bonds. The number of nitriles is 1. The zero-order valence-corrected chi connectivity index (χ0v) is 15.3. The Morgan fingerprint density at radius 2 is 2.20 bits per heavy atom. The highest BCUT2D eigenvalue weighted by Crippen LogP contribution is 2.31. The number of nitrogens with one attached hydrogen (secondary N) is 1. The lowest BCUT2D eigenvalue weighted by molar-refractivity contribution is -0.115. The predicted molar refractivity (Wildman–Crippen MR) is 101 cm³/mol. The highest BCUT2D eigenvalue weighted by molar-refractivity contribution is 8.00. The molecule has 1 aromatic carbocycles. The summed E-state index contributed by atoms with van der Waals surface area (Å²) in [6.45, 7) is 3.95. The third-order valence-corrected chi connectivity index (χ3v) is 5.82. The van der Waals surface area contributed by atoms with E-state index in [1.807, 2.05) is 44.2 Å². The summed E-state index contributed by atoms with van der Waals surface area (Å²) in [7, 11) is 0. The minimum absolute atomic E-state index is 0.0482. The molecular formula is C20H21N3OS. The fraction of sp³-hybridized carbons (Fsp3) is 0.350. The van der Waals surface area contributed by atoms with Gasteiger partial charge < -0.3 is 5.32 Å². The van der Waals surface area contributed by atoms with Crippen molar-refractivity contribution in [3.8, 4) is 6.07 Å². The number of pyridine rings is 1. The normalized spacial score (nSPS) is 13.8. The van der Waals surface area contributed by atoms with Gasteiger partial charge in [-0.2, -0.15) is 5.26 Å². The van der Waals surface area contributed by atoms with Crippen LogP contribution < -0.4 is 5.32 Å². The van der Waals surface area contributed by atoms with Crippen molar-refractivity contribution in [2.75, 3.05) is 5.32 Å². The summed E-state index contributed by atoms with van der Waals surface area (Å²) in [4.78, 5) is 17.4. The van der Waals surface area contributed by atoms with Crippen molar-refractivity contribution in [2.24, 2.45) is 0 Å². The second-order valence-electron chi connectivity index (χ2n) is 6.23. The lowest BCUT2D eigenvalue weighted by atomic mass is 10.2. The van der Waals surface area contributed by atoms with Crippen LogP contribution in [0.1, 0.15) is 42.1 Å². The molecule has 4 nitrogen and oxygen atoms in total. The van der Waals surface area contributed by atoms with Gasteiger partial charge in [-0.1, -0.05) is 36.9 Å². The number of aromatic nitrogens is 1. The van der Waals surface area contributed by atoms with Gasteiger partial charge in [0.25, 0.3) is 0 Å². The Morgan fingerprint density at radius 3 is 2.92 bits per heavy atom. The van der Waals surface area contributed by atoms with Crippen LogP contribution in [0.4, 0.5) is 5.69 Å². The number of para-hydroxylation sites is 1. The van der Waals surface area contributed by atoms with Gasteiger partial charge >= 0.3 is 0 Å². The Labute approximate surface area is 152 Å². The van der Waals surface area contributed by atoms with Crippen LogP contribution in [0, 0.1) is 18.3 Å². The van der Waals surface area contributed by atoms with Crippen molar-refractivity contribution < 1.29 is 4.79 Å². The van der Waals surface area contributed by atoms with Crippen LogP contribution >= 0.6 is 11.8 Å². The number of carbonyl (C=O) groups is 1. The van der Waals surface area contributed by atoms with Gasteiger partial charge in [0.1, 0.15) is 11.1 Å². The predicted octanol–water partition coefficient (Wildman–Crippen LogP) is 4.26. The molecule has 0 saturated heterocycles. The van der Waals surface area contributed by atoms with Crippen molar-refractivity contribution in [1.29, 1.82) is 5.26 Å². The molecule has 0 saturated carbocycles. The van der Waals surface area contributed by atoms with Crippen LogP contribution in [0.3, 0.4) is 0 Å². The van der Waals surface area contributed by atoms with Crippen LogP contribution in [0.5, 0.6) is 0 Å². The number of benzene rings is 1. The van der Waals surface area contributed by atoms with E-state index in [-0.39, 0.29) is 11.2 Å². The maximum absolute atomic E-state index is 12.7. The fourth-order valence-corrected chi connectivity index (χ4v) is 4.00. The quantitative estimate of drug-likeness (QED) is 0.818. The van der Waals surface area contributed by atoms with Crippen molar-refractivity contribution in [1.82, 2.24) is 4.98 Å². The summed E-state index contributed by atoms with van der Waals surface area (Å²) in [6, 6.07) is 11.9. The molecule has 0 aliphatic heterocycles. The molecule has 1 unspecified atom stereocenters. The Hall–Kier alpha value is -2.32. The number of amides is 1. The molecule has 128 valence electrons. The smallest absolute Gasteiger partial charge is 0.237 e. The summed E-state index contributed by atoms with van der Waals surface area (Å²) < 4.78 is 0. The molecule has 0 bridgehead atoms. The number of nitrogens with zero attached hydrogens (tertiary/aromatic N) is 2. The molecule has 1 atom stereocenters. The zero-order chi connectivity index (χ0) is 17.8. The first-order chi connectivity index (χ1) is 12.1. The Bertz CT molecular complexity index is 841. The molecule has 1 N–H and O–H groups in total. The fourth-order valence-electron chi connectivity index (χ4n) is 3.01. The van der Waals surface area contributed by atoms with Gasteiger partial charge in [-0.05, 0) is 55.9 Å². The van der Waals surface area contributed by atoms with E-state index in [4.69, 9.17) is 0 Å². The number of aryl methyl sites for hydroxylation is 3. The van der Waals surface area contributed by atoms with Gasteiger partial charge in [0, 0.05) is 11.4 Å². The van der Waals surface area contributed by atoms with Crippen molar-refractivity contribution in [3.05, 3.63) is 52.7 Å². The molecule has 1 heterocycles. The molecule has 1 aliphatic carbocycles. The molecular weight excluding hydrogens is 330 g/mol. The monoisotopic (exact) mass is 351 g/mol. The van der Waals surface area contributed by atoms with E-state index in [1.165, 1.54) is 17.3 Å². The van der Waals surface area contributed by atoms with Crippen LogP contribution in [-0.4, -0.2) is 16.1 Å². The van der Waals surface area contributed by atoms with Crippen LogP contribution in [0.2, 0.25) is 0 Å². The van der Waals surface area contributed by atoms with Gasteiger partial charge in [-0.15, -0.1) is 0 Å². The van der Waals surface area contributed by atoms with Gasteiger partial charge in [0.15, 0.2) is 0 Å². The van der Waals surface area contributed by atoms with E-state index in [0.29, 0.717) is 17.0 Å². The van der Waals surface area contributed by atoms with E-state index in [1.54, 1.807) is 0 Å². The highest BCUT2D eigenvalue weighted by atomic mass is 32.2. The second-order valence-corrected chi connectivity index (χ2v) is 7.42. The maximum atomic E-state index is 12.7. The number of carbonyl (C=O) groups excluding carboxylic acids is 1. The third-order valence-electron chi connectivity index (χ3n) is 4.46. The number of fused-ring (bicyclic) bond motifs is 1. The third kappa shape index (κ3) is 3.85. The molecule has 0 radical (unpaired) electrons. The van der Waals surface area contributed by atoms with Gasteiger partial charge in [-0.25, -0.2) is 4.98 Å². The Balaban J connectivity index is 1.79. The number of rotatable bonds is 5. The van der Waals surface area contributed by atoms with Crippen molar-refractivity contribution in [2.45, 2.75) is 49.8 Å². The summed E-state index contributed by atoms with van der Waals surface area (Å²) in [5, 5.41) is 12.8. The number of anilines is 1. The van der Waals surface area contributed by atoms with E-state index < -0.39 is 0 Å². The first-order valence-corrected chi connectivity index (χ1v) is 9.46. The first-order valence-electron chi connectivity index (χ1n) is 8.58. The van der Waals surface area contributed by atoms with E-state index in [0.717, 1.165) is 36.2 Å². The lowest BCUT2D eigenvalue weighted by Crippen LogP contribution is -2.25. The van der Waals surface area contributed by atoms with Crippen LogP contribution in [0.25, 0.3) is 0 Å². The molecule has 0 fully saturated rings. The molecule has 1 aromatic heterocycles. The van der Waals surface area contributed by atoms with Gasteiger partial charge in [0.05, 0.1) is 10.8 Å². The minimum Gasteiger partial charge on any atom is -0.325 e. The molecule has 5 heteroatoms. The number of hydrogen-bond donors (Lipinski definition) is 1. The summed E-state index contributed by atoms with van der Waals surface area (Å²) in [5.41, 5.74) is 4.69. The topological polar surface area (TPSA) is 65.8 Å². The van der Waals surface area contributed by atoms with E-state index >= 15 is 0 Å². The van der Waals surface area contributed by atoms with Gasteiger partial charge in [0.2, 0.25) is 5.91 Å². The lowest BCUT2D eigenvalue weighted by Gasteiger charge is -2.16. The van der Waals surface area contributed by atoms with Crippen LogP contribution in [-0.2, 0) is 17.6 Å². The number of thioether (sulfide) groups is 1. The highest BCUT2D eigenvalue weighted by Gasteiger charge is 2.23. The molecule has 3 rings (SSSR count). The largest absolute Gasteiger partial charge is 0.325 e. The SMILES string of the molecule is CCC(Sc1nc2c(cc1C#N)CCC2)C(=O)Nc1ccccc1C. The maximum Gasteiger partial charge on any atom is 0.237 e. The average molecular weight is 351 g/mol. The summed E-state index contributed by atoms with van der Waals surface area (Å²) in [5.74, 6) is -0.0482. The average Bonchev–Trinajstić information content (AvgIpc) is 3.07. The summed E-state index contributed by atoms with van der Waals surface area (Å²) >= 11 is 1.39. The number of hydrogen-bond acceptors (Lipinski definition) is 4. The minimum atomic E-state index is -0.279. The Kier molecular flexibility index (Phi) is 5.40. The van der Waals surface area contributed by atoms with E-state index in [2.05, 4.69) is 16.4 Å². The zero-order valence-electron chi connectivity index (χ0n) is 14.5. The standard InChI is InChI=1S/C20H21N3OS/c1-3-18(19(24)22-16-9-5-4-7-13(16)2)25-20-15(12-21)11-14-8-6-10-17(14)23-20/h4-5,7,9,11,18H,3,6,8,10H2,1-2H3,(H,22,24). The van der Waals surface area contributed by atoms with Crippen molar-refractivity contribution >= 4 is 23.4 Å². The van der Waals surface area contributed by atoms with Gasteiger partial charge in [-0.3, -0.25) is 4.79 Å². The molecule has 1 aliphatic rings.